The van der Waals surface area contributed by atoms with E-state index in [0.29, 0.717) is 53.3 Å². The Morgan fingerprint density at radius 1 is 0.971 bits per heavy atom. The molecule has 10 heteroatoms. The van der Waals surface area contributed by atoms with Gasteiger partial charge in [-0.3, -0.25) is 4.79 Å². The number of carbonyl (C=O) groups excluding carboxylic acids is 1. The number of piperazine rings is 1. The third-order valence-electron chi connectivity index (χ3n) is 6.05. The number of hydrogen-bond acceptors (Lipinski definition) is 6. The number of benzene rings is 2. The molecule has 0 unspecified atom stereocenters. The first-order valence-electron chi connectivity index (χ1n) is 11.3. The van der Waals surface area contributed by atoms with Crippen molar-refractivity contribution in [1.29, 1.82) is 0 Å². The summed E-state index contributed by atoms with van der Waals surface area (Å²) in [6, 6.07) is 14.7. The van der Waals surface area contributed by atoms with Crippen LogP contribution in [0, 0.1) is 6.92 Å². The zero-order chi connectivity index (χ0) is 24.5. The highest BCUT2D eigenvalue weighted by Crippen LogP contribution is 2.31. The highest BCUT2D eigenvalue weighted by atomic mass is 35.5. The first-order chi connectivity index (χ1) is 17.0. The number of hydrogen-bond donors (Lipinski definition) is 0. The first kappa shape index (κ1) is 23.5. The quantitative estimate of drug-likeness (QED) is 0.392. The number of methoxy groups -OCH3 is 1. The van der Waals surface area contributed by atoms with Gasteiger partial charge in [0.15, 0.2) is 11.5 Å². The van der Waals surface area contributed by atoms with Crippen LogP contribution in [0.2, 0.25) is 10.0 Å². The Morgan fingerprint density at radius 2 is 1.66 bits per heavy atom. The molecule has 0 saturated carbocycles. The van der Waals surface area contributed by atoms with Gasteiger partial charge in [-0.1, -0.05) is 47.5 Å². The Hall–Kier alpha value is -3.20. The maximum Gasteiger partial charge on any atom is 0.255 e. The van der Waals surface area contributed by atoms with Gasteiger partial charge in [0.25, 0.3) is 5.91 Å². The number of rotatable bonds is 5. The molecule has 0 aliphatic carbocycles. The topological polar surface area (TPSA) is 76.4 Å². The molecule has 0 atom stereocenters. The van der Waals surface area contributed by atoms with Gasteiger partial charge < -0.3 is 14.5 Å². The van der Waals surface area contributed by atoms with Gasteiger partial charge >= 0.3 is 0 Å². The van der Waals surface area contributed by atoms with Gasteiger partial charge in [-0.2, -0.15) is 5.10 Å². The molecule has 1 amide bonds. The van der Waals surface area contributed by atoms with Crippen LogP contribution < -0.4 is 4.90 Å². The van der Waals surface area contributed by atoms with Crippen molar-refractivity contribution in [2.45, 2.75) is 13.5 Å². The Balaban J connectivity index is 1.49. The molecule has 5 rings (SSSR count). The van der Waals surface area contributed by atoms with E-state index >= 15 is 0 Å². The summed E-state index contributed by atoms with van der Waals surface area (Å²) in [4.78, 5) is 26.6. The van der Waals surface area contributed by atoms with Crippen LogP contribution in [-0.4, -0.2) is 63.8 Å². The van der Waals surface area contributed by atoms with E-state index in [1.54, 1.807) is 23.9 Å². The van der Waals surface area contributed by atoms with Crippen molar-refractivity contribution in [2.24, 2.45) is 0 Å². The minimum Gasteiger partial charge on any atom is -0.377 e. The monoisotopic (exact) mass is 510 g/mol. The molecule has 35 heavy (non-hydrogen) atoms. The molecule has 2 aromatic carbocycles. The van der Waals surface area contributed by atoms with E-state index in [1.165, 1.54) is 0 Å². The van der Waals surface area contributed by atoms with E-state index < -0.39 is 0 Å². The second-order valence-corrected chi connectivity index (χ2v) is 9.12. The van der Waals surface area contributed by atoms with E-state index in [1.807, 2.05) is 48.2 Å². The number of carbonyl (C=O) groups is 1. The fraction of sp³-hybridized carbons (Fsp3) is 0.280. The van der Waals surface area contributed by atoms with Crippen molar-refractivity contribution < 1.29 is 9.53 Å². The molecule has 1 aliphatic rings. The van der Waals surface area contributed by atoms with Crippen LogP contribution in [0.15, 0.2) is 48.5 Å². The minimum absolute atomic E-state index is 0.0640. The lowest BCUT2D eigenvalue weighted by Gasteiger charge is -2.36. The maximum absolute atomic E-state index is 13.0. The van der Waals surface area contributed by atoms with Crippen molar-refractivity contribution in [3.05, 3.63) is 75.7 Å². The molecule has 3 heterocycles. The number of para-hydroxylation sites is 1. The van der Waals surface area contributed by atoms with Gasteiger partial charge in [-0.05, 0) is 31.2 Å². The normalized spacial score (nSPS) is 14.1. The Morgan fingerprint density at radius 3 is 2.34 bits per heavy atom. The Bertz CT molecular complexity index is 1400. The molecule has 180 valence electrons. The van der Waals surface area contributed by atoms with E-state index in [0.717, 1.165) is 22.6 Å². The van der Waals surface area contributed by atoms with Gasteiger partial charge in [0.1, 0.15) is 12.4 Å². The predicted molar refractivity (Wildman–Crippen MR) is 137 cm³/mol. The van der Waals surface area contributed by atoms with Gasteiger partial charge in [-0.15, -0.1) is 0 Å². The summed E-state index contributed by atoms with van der Waals surface area (Å²) in [5, 5.41) is 6.65. The van der Waals surface area contributed by atoms with Crippen molar-refractivity contribution in [3.8, 4) is 5.69 Å². The summed E-state index contributed by atoms with van der Waals surface area (Å²) in [6.07, 6.45) is 0. The molecule has 4 aromatic rings. The number of halogens is 2. The lowest BCUT2D eigenvalue weighted by atomic mass is 10.1. The van der Waals surface area contributed by atoms with Crippen molar-refractivity contribution in [2.75, 3.05) is 38.2 Å². The van der Waals surface area contributed by atoms with Crippen molar-refractivity contribution >= 4 is 46.0 Å². The summed E-state index contributed by atoms with van der Waals surface area (Å²) in [6.45, 7) is 4.53. The van der Waals surface area contributed by atoms with Crippen LogP contribution in [0.5, 0.6) is 0 Å². The molecular weight excluding hydrogens is 487 g/mol. The lowest BCUT2D eigenvalue weighted by molar-refractivity contribution is 0.0746. The number of aryl methyl sites for hydroxylation is 1. The smallest absolute Gasteiger partial charge is 0.255 e. The van der Waals surface area contributed by atoms with Crippen LogP contribution >= 0.6 is 23.2 Å². The summed E-state index contributed by atoms with van der Waals surface area (Å²) in [7, 11) is 1.61. The van der Waals surface area contributed by atoms with Gasteiger partial charge in [0.2, 0.25) is 0 Å². The molecule has 1 fully saturated rings. The van der Waals surface area contributed by atoms with Crippen LogP contribution in [0.3, 0.4) is 0 Å². The van der Waals surface area contributed by atoms with E-state index in [4.69, 9.17) is 43.0 Å². The number of fused-ring (bicyclic) bond motifs is 1. The third kappa shape index (κ3) is 4.45. The van der Waals surface area contributed by atoms with Gasteiger partial charge in [-0.25, -0.2) is 14.6 Å². The molecule has 1 saturated heterocycles. The summed E-state index contributed by atoms with van der Waals surface area (Å²) in [5.74, 6) is 1.27. The molecular formula is C25H24Cl2N6O2. The summed E-state index contributed by atoms with van der Waals surface area (Å²) >= 11 is 12.7. The minimum atomic E-state index is -0.0640. The largest absolute Gasteiger partial charge is 0.377 e. The number of ether oxygens (including phenoxy) is 1. The van der Waals surface area contributed by atoms with Crippen molar-refractivity contribution in [3.63, 3.8) is 0 Å². The van der Waals surface area contributed by atoms with Crippen molar-refractivity contribution in [1.82, 2.24) is 24.6 Å². The molecule has 0 radical (unpaired) electrons. The van der Waals surface area contributed by atoms with Crippen LogP contribution in [0.1, 0.15) is 21.9 Å². The first-order valence-corrected chi connectivity index (χ1v) is 12.0. The lowest BCUT2D eigenvalue weighted by Crippen LogP contribution is -2.49. The SMILES string of the molecule is COCc1nc(N2CCN(C(=O)c3ccccc3Cl)CC2)c2c(C)nn(-c3ccccc3Cl)c2n1. The molecule has 0 spiro atoms. The zero-order valence-electron chi connectivity index (χ0n) is 19.4. The highest BCUT2D eigenvalue weighted by Gasteiger charge is 2.27. The third-order valence-corrected chi connectivity index (χ3v) is 6.70. The standard InChI is InChI=1S/C25H24Cl2N6O2/c1-16-22-23(31-11-13-32(14-12-31)25(34)17-7-3-4-8-18(17)26)28-21(15-35-2)29-24(22)33(30-16)20-10-6-5-9-19(20)27/h3-10H,11-15H2,1-2H3. The number of amides is 1. The molecule has 0 N–H and O–H groups in total. The van der Waals surface area contributed by atoms with Crippen LogP contribution in [-0.2, 0) is 11.3 Å². The van der Waals surface area contributed by atoms with E-state index in [2.05, 4.69) is 4.90 Å². The number of anilines is 1. The fourth-order valence-electron chi connectivity index (χ4n) is 4.35. The number of nitrogens with zero attached hydrogens (tertiary/aromatic N) is 6. The van der Waals surface area contributed by atoms with E-state index in [-0.39, 0.29) is 12.5 Å². The Labute approximate surface area is 213 Å². The average Bonchev–Trinajstić information content (AvgIpc) is 3.20. The van der Waals surface area contributed by atoms with Crippen LogP contribution in [0.25, 0.3) is 16.7 Å². The van der Waals surface area contributed by atoms with Gasteiger partial charge in [0, 0.05) is 33.3 Å². The molecule has 0 bridgehead atoms. The second-order valence-electron chi connectivity index (χ2n) is 8.30. The molecule has 1 aliphatic heterocycles. The Kier molecular flexibility index (Phi) is 6.60. The molecule has 8 nitrogen and oxygen atoms in total. The molecule has 2 aromatic heterocycles. The maximum atomic E-state index is 13.0. The fourth-order valence-corrected chi connectivity index (χ4v) is 4.78. The second kappa shape index (κ2) is 9.81. The van der Waals surface area contributed by atoms with Gasteiger partial charge in [0.05, 0.1) is 32.4 Å². The highest BCUT2D eigenvalue weighted by molar-refractivity contribution is 6.33. The summed E-state index contributed by atoms with van der Waals surface area (Å²) < 4.78 is 7.10. The number of aromatic nitrogens is 4. The van der Waals surface area contributed by atoms with E-state index in [9.17, 15) is 4.79 Å². The average molecular weight is 511 g/mol. The van der Waals surface area contributed by atoms with Crippen LogP contribution in [0.4, 0.5) is 5.82 Å². The summed E-state index contributed by atoms with van der Waals surface area (Å²) in [5.41, 5.74) is 2.73. The zero-order valence-corrected chi connectivity index (χ0v) is 20.9. The predicted octanol–water partition coefficient (Wildman–Crippen LogP) is 4.54.